The van der Waals surface area contributed by atoms with Gasteiger partial charge in [0.2, 0.25) is 0 Å². The fourth-order valence-electron chi connectivity index (χ4n) is 3.21. The highest BCUT2D eigenvalue weighted by Crippen LogP contribution is 2.19. The molecule has 0 amide bonds. The minimum absolute atomic E-state index is 0.0192. The molecule has 0 saturated carbocycles. The van der Waals surface area contributed by atoms with Crippen molar-refractivity contribution in [1.29, 1.82) is 0 Å². The molecule has 128 valence electrons. The van der Waals surface area contributed by atoms with E-state index < -0.39 is 9.84 Å². The minimum Gasteiger partial charge on any atom is -0.355 e. The molecule has 0 aromatic rings. The van der Waals surface area contributed by atoms with Gasteiger partial charge in [-0.2, -0.15) is 0 Å². The molecule has 22 heavy (non-hydrogen) atoms. The van der Waals surface area contributed by atoms with Crippen LogP contribution >= 0.6 is 0 Å². The van der Waals surface area contributed by atoms with Gasteiger partial charge >= 0.3 is 0 Å². The van der Waals surface area contributed by atoms with E-state index in [1.54, 1.807) is 7.05 Å². The van der Waals surface area contributed by atoms with Crippen LogP contribution in [0.25, 0.3) is 0 Å². The van der Waals surface area contributed by atoms with Crippen LogP contribution in [0.2, 0.25) is 0 Å². The molecule has 0 aromatic heterocycles. The summed E-state index contributed by atoms with van der Waals surface area (Å²) in [6, 6.07) is -0.0192. The summed E-state index contributed by atoms with van der Waals surface area (Å²) < 4.78 is 23.1. The van der Waals surface area contributed by atoms with Gasteiger partial charge in [0, 0.05) is 25.2 Å². The van der Waals surface area contributed by atoms with Crippen LogP contribution in [0.15, 0.2) is 4.99 Å². The summed E-state index contributed by atoms with van der Waals surface area (Å²) in [5.41, 5.74) is 0.0692. The number of piperidine rings is 1. The molecule has 2 rings (SSSR count). The standard InChI is InChI=1S/C15H30N4O2S/c1-15(2,19-8-5-4-6-9-19)12-17-14(16-3)18-13-7-10-22(20,21)11-13/h13H,4-12H2,1-3H3,(H2,16,17,18). The van der Waals surface area contributed by atoms with Crippen LogP contribution in [0, 0.1) is 0 Å². The van der Waals surface area contributed by atoms with Crippen molar-refractivity contribution in [2.75, 3.05) is 38.2 Å². The fourth-order valence-corrected chi connectivity index (χ4v) is 4.88. The van der Waals surface area contributed by atoms with Crippen molar-refractivity contribution in [3.8, 4) is 0 Å². The Hall–Kier alpha value is -0.820. The molecular weight excluding hydrogens is 300 g/mol. The smallest absolute Gasteiger partial charge is 0.191 e. The van der Waals surface area contributed by atoms with E-state index in [4.69, 9.17) is 0 Å². The Bertz CT molecular complexity index is 496. The summed E-state index contributed by atoms with van der Waals surface area (Å²) in [7, 11) is -1.13. The summed E-state index contributed by atoms with van der Waals surface area (Å²) >= 11 is 0. The highest BCUT2D eigenvalue weighted by molar-refractivity contribution is 7.91. The number of nitrogens with zero attached hydrogens (tertiary/aromatic N) is 2. The number of rotatable bonds is 4. The van der Waals surface area contributed by atoms with Crippen LogP contribution in [0.1, 0.15) is 39.5 Å². The van der Waals surface area contributed by atoms with Crippen molar-refractivity contribution in [1.82, 2.24) is 15.5 Å². The molecule has 2 aliphatic rings. The summed E-state index contributed by atoms with van der Waals surface area (Å²) in [5, 5.41) is 6.60. The lowest BCUT2D eigenvalue weighted by atomic mass is 9.98. The zero-order chi connectivity index (χ0) is 16.2. The predicted octanol–water partition coefficient (Wildman–Crippen LogP) is 0.603. The molecule has 1 unspecified atom stereocenters. The van der Waals surface area contributed by atoms with Crippen LogP contribution in [0.5, 0.6) is 0 Å². The molecule has 6 nitrogen and oxygen atoms in total. The lowest BCUT2D eigenvalue weighted by Gasteiger charge is -2.41. The van der Waals surface area contributed by atoms with Gasteiger partial charge in [0.1, 0.15) is 0 Å². The van der Waals surface area contributed by atoms with Crippen LogP contribution in [-0.2, 0) is 9.84 Å². The third-order valence-electron chi connectivity index (χ3n) is 4.70. The summed E-state index contributed by atoms with van der Waals surface area (Å²) in [6.07, 6.45) is 4.55. The van der Waals surface area contributed by atoms with Gasteiger partial charge < -0.3 is 10.6 Å². The lowest BCUT2D eigenvalue weighted by Crippen LogP contribution is -2.55. The van der Waals surface area contributed by atoms with Crippen molar-refractivity contribution < 1.29 is 8.42 Å². The van der Waals surface area contributed by atoms with E-state index in [0.29, 0.717) is 12.4 Å². The number of sulfone groups is 1. The predicted molar refractivity (Wildman–Crippen MR) is 91.1 cm³/mol. The summed E-state index contributed by atoms with van der Waals surface area (Å²) in [4.78, 5) is 6.75. The van der Waals surface area contributed by atoms with Gasteiger partial charge in [0.25, 0.3) is 0 Å². The van der Waals surface area contributed by atoms with Crippen molar-refractivity contribution in [3.63, 3.8) is 0 Å². The van der Waals surface area contributed by atoms with Crippen molar-refractivity contribution in [2.24, 2.45) is 4.99 Å². The molecule has 1 atom stereocenters. The molecule has 2 fully saturated rings. The van der Waals surface area contributed by atoms with Gasteiger partial charge in [0.05, 0.1) is 11.5 Å². The van der Waals surface area contributed by atoms with Crippen LogP contribution in [-0.4, -0.2) is 69.0 Å². The first-order chi connectivity index (χ1) is 10.3. The van der Waals surface area contributed by atoms with Crippen LogP contribution in [0.4, 0.5) is 0 Å². The van der Waals surface area contributed by atoms with Gasteiger partial charge in [0.15, 0.2) is 15.8 Å². The number of nitrogens with one attached hydrogen (secondary N) is 2. The Kier molecular flexibility index (Phi) is 5.71. The number of hydrogen-bond acceptors (Lipinski definition) is 4. The average molecular weight is 330 g/mol. The molecule has 2 N–H and O–H groups in total. The van der Waals surface area contributed by atoms with Crippen LogP contribution < -0.4 is 10.6 Å². The lowest BCUT2D eigenvalue weighted by molar-refractivity contribution is 0.0982. The molecule has 7 heteroatoms. The van der Waals surface area contributed by atoms with E-state index in [9.17, 15) is 8.42 Å². The van der Waals surface area contributed by atoms with Crippen LogP contribution in [0.3, 0.4) is 0 Å². The first-order valence-corrected chi connectivity index (χ1v) is 10.1. The van der Waals surface area contributed by atoms with Gasteiger partial charge in [-0.05, 0) is 46.2 Å². The molecule has 2 saturated heterocycles. The van der Waals surface area contributed by atoms with E-state index in [1.165, 1.54) is 19.3 Å². The maximum absolute atomic E-state index is 11.5. The second-order valence-electron chi connectivity index (χ2n) is 7.03. The zero-order valence-electron chi connectivity index (χ0n) is 14.1. The van der Waals surface area contributed by atoms with E-state index in [0.717, 1.165) is 19.6 Å². The van der Waals surface area contributed by atoms with Crippen molar-refractivity contribution >= 4 is 15.8 Å². The molecule has 0 aromatic carbocycles. The summed E-state index contributed by atoms with van der Waals surface area (Å²) in [6.45, 7) is 7.60. The first kappa shape index (κ1) is 17.5. The Labute approximate surface area is 134 Å². The largest absolute Gasteiger partial charge is 0.355 e. The summed E-state index contributed by atoms with van der Waals surface area (Å²) in [5.74, 6) is 1.19. The van der Waals surface area contributed by atoms with E-state index in [1.807, 2.05) is 0 Å². The molecule has 2 aliphatic heterocycles. The normalized spacial score (nSPS) is 26.9. The molecule has 0 bridgehead atoms. The maximum atomic E-state index is 11.5. The second kappa shape index (κ2) is 7.17. The Balaban J connectivity index is 1.83. The Morgan fingerprint density at radius 1 is 1.27 bits per heavy atom. The first-order valence-electron chi connectivity index (χ1n) is 8.25. The molecule has 0 radical (unpaired) electrons. The molecular formula is C15H30N4O2S. The second-order valence-corrected chi connectivity index (χ2v) is 9.26. The fraction of sp³-hybridized carbons (Fsp3) is 0.933. The number of likely N-dealkylation sites (tertiary alicyclic amines) is 1. The highest BCUT2D eigenvalue weighted by Gasteiger charge is 2.30. The number of hydrogen-bond donors (Lipinski definition) is 2. The van der Waals surface area contributed by atoms with Crippen molar-refractivity contribution in [2.45, 2.75) is 51.1 Å². The van der Waals surface area contributed by atoms with Gasteiger partial charge in [-0.25, -0.2) is 8.42 Å². The topological polar surface area (TPSA) is 73.8 Å². The SMILES string of the molecule is CN=C(NCC(C)(C)N1CCCCC1)NC1CCS(=O)(=O)C1. The van der Waals surface area contributed by atoms with Gasteiger partial charge in [-0.15, -0.1) is 0 Å². The third-order valence-corrected chi connectivity index (χ3v) is 6.47. The minimum atomic E-state index is -2.86. The molecule has 2 heterocycles. The maximum Gasteiger partial charge on any atom is 0.191 e. The average Bonchev–Trinajstić information content (AvgIpc) is 2.83. The van der Waals surface area contributed by atoms with Crippen molar-refractivity contribution in [3.05, 3.63) is 0 Å². The Morgan fingerprint density at radius 2 is 1.95 bits per heavy atom. The van der Waals surface area contributed by atoms with E-state index >= 15 is 0 Å². The highest BCUT2D eigenvalue weighted by atomic mass is 32.2. The number of guanidine groups is 1. The van der Waals surface area contributed by atoms with E-state index in [-0.39, 0.29) is 23.1 Å². The Morgan fingerprint density at radius 3 is 2.50 bits per heavy atom. The third kappa shape index (κ3) is 4.84. The van der Waals surface area contributed by atoms with E-state index in [2.05, 4.69) is 34.4 Å². The molecule has 0 spiro atoms. The monoisotopic (exact) mass is 330 g/mol. The number of aliphatic imine (C=N–C) groups is 1. The van der Waals surface area contributed by atoms with Gasteiger partial charge in [-0.3, -0.25) is 9.89 Å². The quantitative estimate of drug-likeness (QED) is 0.583. The molecule has 0 aliphatic carbocycles. The van der Waals surface area contributed by atoms with Gasteiger partial charge in [-0.1, -0.05) is 6.42 Å². The zero-order valence-corrected chi connectivity index (χ0v) is 14.9.